The molecule has 1 N–H and O–H groups in total. The number of aliphatic carboxylic acids is 1. The maximum Gasteiger partial charge on any atom is 0.317 e. The normalized spacial score (nSPS) is 10.7. The van der Waals surface area contributed by atoms with Crippen molar-refractivity contribution in [3.8, 4) is 0 Å². The van der Waals surface area contributed by atoms with Crippen LogP contribution in [0, 0.1) is 6.92 Å². The molecule has 15 heavy (non-hydrogen) atoms. The maximum absolute atomic E-state index is 10.5. The quantitative estimate of drug-likeness (QED) is 0.857. The van der Waals surface area contributed by atoms with Crippen LogP contribution < -0.4 is 0 Å². The Morgan fingerprint density at radius 1 is 1.47 bits per heavy atom. The maximum atomic E-state index is 10.5. The molecule has 3 nitrogen and oxygen atoms in total. The number of likely N-dealkylation sites (N-methyl/N-ethyl adjacent to an activating group) is 1. The number of rotatable bonds is 4. The lowest BCUT2D eigenvalue weighted by atomic mass is 10.1. The zero-order valence-electron chi connectivity index (χ0n) is 8.83. The van der Waals surface area contributed by atoms with E-state index >= 15 is 0 Å². The van der Waals surface area contributed by atoms with Crippen molar-refractivity contribution in [1.82, 2.24) is 4.90 Å². The highest BCUT2D eigenvalue weighted by Gasteiger charge is 2.05. The van der Waals surface area contributed by atoms with Crippen molar-refractivity contribution >= 4 is 17.6 Å². The van der Waals surface area contributed by atoms with E-state index in [9.17, 15) is 4.79 Å². The van der Waals surface area contributed by atoms with Crippen LogP contribution in [0.1, 0.15) is 11.1 Å². The minimum Gasteiger partial charge on any atom is -0.480 e. The summed E-state index contributed by atoms with van der Waals surface area (Å²) < 4.78 is 0. The molecule has 0 heterocycles. The molecule has 82 valence electrons. The monoisotopic (exact) mass is 227 g/mol. The Balaban J connectivity index is 2.67. The van der Waals surface area contributed by atoms with Crippen LogP contribution in [0.25, 0.3) is 0 Å². The van der Waals surface area contributed by atoms with Crippen molar-refractivity contribution in [2.45, 2.75) is 13.5 Å². The number of aryl methyl sites for hydroxylation is 1. The fourth-order valence-corrected chi connectivity index (χ4v) is 1.81. The molecule has 0 aliphatic carbocycles. The largest absolute Gasteiger partial charge is 0.480 e. The van der Waals surface area contributed by atoms with Gasteiger partial charge in [-0.05, 0) is 37.2 Å². The molecule has 1 rings (SSSR count). The van der Waals surface area contributed by atoms with E-state index in [1.54, 1.807) is 11.9 Å². The Morgan fingerprint density at radius 3 is 2.67 bits per heavy atom. The van der Waals surface area contributed by atoms with E-state index in [-0.39, 0.29) is 6.54 Å². The summed E-state index contributed by atoms with van der Waals surface area (Å²) >= 11 is 5.90. The lowest BCUT2D eigenvalue weighted by Crippen LogP contribution is -2.25. The average molecular weight is 228 g/mol. The van der Waals surface area contributed by atoms with Crippen LogP contribution in [0.3, 0.4) is 0 Å². The number of hydrogen-bond acceptors (Lipinski definition) is 2. The standard InChI is InChI=1S/C11H14ClNO2/c1-8-3-9(5-10(12)4-8)6-13(2)7-11(14)15/h3-5H,6-7H2,1-2H3,(H,14,15). The number of benzene rings is 1. The fourth-order valence-electron chi connectivity index (χ4n) is 1.50. The van der Waals surface area contributed by atoms with Gasteiger partial charge in [-0.25, -0.2) is 0 Å². The van der Waals surface area contributed by atoms with Gasteiger partial charge in [-0.3, -0.25) is 9.69 Å². The number of hydrogen-bond donors (Lipinski definition) is 1. The molecule has 0 aliphatic rings. The molecular formula is C11H14ClNO2. The minimum atomic E-state index is -0.823. The van der Waals surface area contributed by atoms with Crippen LogP contribution >= 0.6 is 11.6 Å². The van der Waals surface area contributed by atoms with Gasteiger partial charge in [0, 0.05) is 11.6 Å². The average Bonchev–Trinajstić information content (AvgIpc) is 1.98. The second kappa shape index (κ2) is 5.14. The van der Waals surface area contributed by atoms with Crippen LogP contribution in [0.2, 0.25) is 5.02 Å². The van der Waals surface area contributed by atoms with Crippen molar-refractivity contribution in [3.05, 3.63) is 34.3 Å². The van der Waals surface area contributed by atoms with E-state index in [0.29, 0.717) is 11.6 Å². The zero-order valence-corrected chi connectivity index (χ0v) is 9.58. The van der Waals surface area contributed by atoms with Gasteiger partial charge in [0.1, 0.15) is 0 Å². The van der Waals surface area contributed by atoms with Crippen LogP contribution in [0.5, 0.6) is 0 Å². The summed E-state index contributed by atoms with van der Waals surface area (Å²) in [7, 11) is 1.77. The fraction of sp³-hybridized carbons (Fsp3) is 0.364. The van der Waals surface area contributed by atoms with Gasteiger partial charge in [-0.1, -0.05) is 17.7 Å². The third-order valence-electron chi connectivity index (χ3n) is 1.96. The van der Waals surface area contributed by atoms with Crippen molar-refractivity contribution in [2.75, 3.05) is 13.6 Å². The lowest BCUT2D eigenvalue weighted by Gasteiger charge is -2.14. The molecule has 0 aromatic heterocycles. The molecule has 4 heteroatoms. The van der Waals surface area contributed by atoms with Crippen LogP contribution in [-0.4, -0.2) is 29.6 Å². The topological polar surface area (TPSA) is 40.5 Å². The Bertz CT molecular complexity index is 345. The summed E-state index contributed by atoms with van der Waals surface area (Å²) in [6.45, 7) is 2.59. The second-order valence-electron chi connectivity index (χ2n) is 3.70. The smallest absolute Gasteiger partial charge is 0.317 e. The molecule has 1 aromatic carbocycles. The molecule has 0 saturated heterocycles. The van der Waals surface area contributed by atoms with Gasteiger partial charge in [0.15, 0.2) is 0 Å². The van der Waals surface area contributed by atoms with E-state index < -0.39 is 5.97 Å². The third kappa shape index (κ3) is 4.32. The summed E-state index contributed by atoms with van der Waals surface area (Å²) in [4.78, 5) is 12.2. The molecule has 0 fully saturated rings. The van der Waals surface area contributed by atoms with Gasteiger partial charge in [-0.2, -0.15) is 0 Å². The number of nitrogens with zero attached hydrogens (tertiary/aromatic N) is 1. The molecule has 1 aromatic rings. The van der Waals surface area contributed by atoms with Gasteiger partial charge in [0.2, 0.25) is 0 Å². The highest BCUT2D eigenvalue weighted by molar-refractivity contribution is 6.30. The van der Waals surface area contributed by atoms with Crippen molar-refractivity contribution in [1.29, 1.82) is 0 Å². The third-order valence-corrected chi connectivity index (χ3v) is 2.18. The Hall–Kier alpha value is -1.06. The highest BCUT2D eigenvalue weighted by Crippen LogP contribution is 2.15. The van der Waals surface area contributed by atoms with Crippen molar-refractivity contribution in [3.63, 3.8) is 0 Å². The predicted molar refractivity (Wildman–Crippen MR) is 60.2 cm³/mol. The summed E-state index contributed by atoms with van der Waals surface area (Å²) in [5.74, 6) is -0.823. The summed E-state index contributed by atoms with van der Waals surface area (Å²) in [6, 6.07) is 5.74. The Kier molecular flexibility index (Phi) is 4.12. The minimum absolute atomic E-state index is 0.0333. The second-order valence-corrected chi connectivity index (χ2v) is 4.14. The number of halogens is 1. The van der Waals surface area contributed by atoms with E-state index in [1.807, 2.05) is 25.1 Å². The Morgan fingerprint density at radius 2 is 2.13 bits per heavy atom. The number of carboxylic acid groups (broad SMARTS) is 1. The first-order valence-electron chi connectivity index (χ1n) is 4.64. The number of carboxylic acids is 1. The van der Waals surface area contributed by atoms with Gasteiger partial charge in [0.05, 0.1) is 6.54 Å². The van der Waals surface area contributed by atoms with Crippen LogP contribution in [-0.2, 0) is 11.3 Å². The van der Waals surface area contributed by atoms with Crippen LogP contribution in [0.15, 0.2) is 18.2 Å². The first-order chi connectivity index (χ1) is 6.97. The molecule has 0 amide bonds. The molecular weight excluding hydrogens is 214 g/mol. The first-order valence-corrected chi connectivity index (χ1v) is 5.01. The molecule has 0 spiro atoms. The van der Waals surface area contributed by atoms with Gasteiger partial charge >= 0.3 is 5.97 Å². The zero-order chi connectivity index (χ0) is 11.4. The summed E-state index contributed by atoms with van der Waals surface area (Å²) in [5, 5.41) is 9.29. The molecule has 0 radical (unpaired) electrons. The SMILES string of the molecule is Cc1cc(Cl)cc(CN(C)CC(=O)O)c1. The van der Waals surface area contributed by atoms with Gasteiger partial charge in [0.25, 0.3) is 0 Å². The van der Waals surface area contributed by atoms with Crippen LogP contribution in [0.4, 0.5) is 0 Å². The van der Waals surface area contributed by atoms with Gasteiger partial charge in [-0.15, -0.1) is 0 Å². The predicted octanol–water partition coefficient (Wildman–Crippen LogP) is 2.16. The van der Waals surface area contributed by atoms with Gasteiger partial charge < -0.3 is 5.11 Å². The summed E-state index contributed by atoms with van der Waals surface area (Å²) in [5.41, 5.74) is 2.12. The lowest BCUT2D eigenvalue weighted by molar-refractivity contribution is -0.138. The molecule has 0 unspecified atom stereocenters. The van der Waals surface area contributed by atoms with Crippen molar-refractivity contribution in [2.24, 2.45) is 0 Å². The van der Waals surface area contributed by atoms with Crippen molar-refractivity contribution < 1.29 is 9.90 Å². The van der Waals surface area contributed by atoms with E-state index in [4.69, 9.17) is 16.7 Å². The first kappa shape index (κ1) is 12.0. The van der Waals surface area contributed by atoms with E-state index in [2.05, 4.69) is 0 Å². The van der Waals surface area contributed by atoms with E-state index in [0.717, 1.165) is 11.1 Å². The van der Waals surface area contributed by atoms with E-state index in [1.165, 1.54) is 0 Å². The highest BCUT2D eigenvalue weighted by atomic mass is 35.5. The summed E-state index contributed by atoms with van der Waals surface area (Å²) in [6.07, 6.45) is 0. The molecule has 0 bridgehead atoms. The number of carbonyl (C=O) groups is 1. The molecule has 0 atom stereocenters. The molecule has 0 saturated carbocycles. The Labute approximate surface area is 94.3 Å². The molecule has 0 aliphatic heterocycles.